The quantitative estimate of drug-likeness (QED) is 0.356. The zero-order valence-corrected chi connectivity index (χ0v) is 20.1. The fraction of sp³-hybridized carbons (Fsp3) is 0.409. The Bertz CT molecular complexity index is 840. The lowest BCUT2D eigenvalue weighted by Gasteiger charge is -2.38. The molecule has 0 aromatic heterocycles. The zero-order valence-electron chi connectivity index (χ0n) is 17.8. The number of phenols is 1. The molecule has 1 saturated heterocycles. The van der Waals surface area contributed by atoms with Gasteiger partial charge in [0.25, 0.3) is 0 Å². The first kappa shape index (κ1) is 24.2. The van der Waals surface area contributed by atoms with Crippen molar-refractivity contribution in [2.24, 2.45) is 4.99 Å². The van der Waals surface area contributed by atoms with Crippen molar-refractivity contribution in [3.8, 4) is 5.75 Å². The molecular formula is C22H31FIN5O. The van der Waals surface area contributed by atoms with Gasteiger partial charge in [0.2, 0.25) is 0 Å². The van der Waals surface area contributed by atoms with Crippen molar-refractivity contribution in [2.75, 3.05) is 58.8 Å². The highest BCUT2D eigenvalue weighted by atomic mass is 127. The molecule has 0 spiro atoms. The van der Waals surface area contributed by atoms with Crippen LogP contribution in [-0.2, 0) is 0 Å². The molecular weight excluding hydrogens is 496 g/mol. The van der Waals surface area contributed by atoms with Crippen LogP contribution in [0.3, 0.4) is 0 Å². The van der Waals surface area contributed by atoms with E-state index < -0.39 is 0 Å². The van der Waals surface area contributed by atoms with Gasteiger partial charge in [-0.05, 0) is 43.9 Å². The largest absolute Gasteiger partial charge is 0.506 e. The number of para-hydroxylation sites is 2. The minimum atomic E-state index is -0.223. The van der Waals surface area contributed by atoms with Crippen molar-refractivity contribution in [3.05, 3.63) is 59.9 Å². The lowest BCUT2D eigenvalue weighted by atomic mass is 10.1. The van der Waals surface area contributed by atoms with Crippen LogP contribution in [0.25, 0.3) is 0 Å². The number of nitrogens with zero attached hydrogens (tertiary/aromatic N) is 4. The van der Waals surface area contributed by atoms with E-state index in [1.807, 2.05) is 38.4 Å². The average molecular weight is 527 g/mol. The van der Waals surface area contributed by atoms with Gasteiger partial charge in [-0.2, -0.15) is 0 Å². The van der Waals surface area contributed by atoms with E-state index in [4.69, 9.17) is 0 Å². The summed E-state index contributed by atoms with van der Waals surface area (Å²) in [4.78, 5) is 10.9. The molecule has 1 aliphatic rings. The van der Waals surface area contributed by atoms with Crippen LogP contribution in [0.15, 0.2) is 53.5 Å². The standard InChI is InChI=1S/C22H30FN5O.HI/c1-24-22(25-16-20(26(2)3)17-7-6-8-18(23)15-17)28-13-11-27(12-14-28)19-9-4-5-10-21(19)29;/h4-10,15,20,29H,11-14,16H2,1-3H3,(H,24,25);1H. The van der Waals surface area contributed by atoms with E-state index in [0.29, 0.717) is 12.3 Å². The third-order valence-corrected chi connectivity index (χ3v) is 5.32. The maximum Gasteiger partial charge on any atom is 0.193 e. The molecule has 164 valence electrons. The summed E-state index contributed by atoms with van der Waals surface area (Å²) in [6.45, 7) is 3.85. The number of anilines is 1. The van der Waals surface area contributed by atoms with Crippen LogP contribution in [0.2, 0.25) is 0 Å². The van der Waals surface area contributed by atoms with Gasteiger partial charge in [0.15, 0.2) is 5.96 Å². The summed E-state index contributed by atoms with van der Waals surface area (Å²) < 4.78 is 13.7. The Hall–Kier alpha value is -2.07. The molecule has 2 aromatic rings. The number of nitrogens with one attached hydrogen (secondary N) is 1. The van der Waals surface area contributed by atoms with Gasteiger partial charge < -0.3 is 25.1 Å². The maximum atomic E-state index is 13.7. The number of likely N-dealkylation sites (N-methyl/N-ethyl adjacent to an activating group) is 1. The minimum absolute atomic E-state index is 0. The highest BCUT2D eigenvalue weighted by Crippen LogP contribution is 2.27. The Morgan fingerprint density at radius 3 is 2.43 bits per heavy atom. The Morgan fingerprint density at radius 1 is 1.13 bits per heavy atom. The first-order valence-corrected chi connectivity index (χ1v) is 9.90. The number of guanidine groups is 1. The van der Waals surface area contributed by atoms with E-state index in [1.54, 1.807) is 25.2 Å². The molecule has 0 bridgehead atoms. The molecule has 0 saturated carbocycles. The predicted molar refractivity (Wildman–Crippen MR) is 131 cm³/mol. The second-order valence-electron chi connectivity index (χ2n) is 7.43. The Labute approximate surface area is 195 Å². The van der Waals surface area contributed by atoms with Gasteiger partial charge in [0, 0.05) is 39.8 Å². The predicted octanol–water partition coefficient (Wildman–Crippen LogP) is 3.15. The van der Waals surface area contributed by atoms with Gasteiger partial charge in [0.05, 0.1) is 11.7 Å². The molecule has 1 fully saturated rings. The van der Waals surface area contributed by atoms with Crippen LogP contribution >= 0.6 is 24.0 Å². The van der Waals surface area contributed by atoms with E-state index in [2.05, 4.69) is 25.0 Å². The second kappa shape index (κ2) is 11.4. The first-order valence-electron chi connectivity index (χ1n) is 9.90. The number of rotatable bonds is 5. The van der Waals surface area contributed by atoms with Gasteiger partial charge in [0.1, 0.15) is 11.6 Å². The molecule has 1 heterocycles. The van der Waals surface area contributed by atoms with Crippen molar-refractivity contribution in [1.29, 1.82) is 0 Å². The smallest absolute Gasteiger partial charge is 0.193 e. The lowest BCUT2D eigenvalue weighted by Crippen LogP contribution is -2.53. The maximum absolute atomic E-state index is 13.7. The van der Waals surface area contributed by atoms with Crippen LogP contribution in [0.4, 0.5) is 10.1 Å². The van der Waals surface area contributed by atoms with Gasteiger partial charge in [-0.3, -0.25) is 4.99 Å². The summed E-state index contributed by atoms with van der Waals surface area (Å²) >= 11 is 0. The zero-order chi connectivity index (χ0) is 20.8. The molecule has 0 aliphatic carbocycles. The van der Waals surface area contributed by atoms with Crippen LogP contribution in [0.1, 0.15) is 11.6 Å². The Morgan fingerprint density at radius 2 is 1.83 bits per heavy atom. The molecule has 30 heavy (non-hydrogen) atoms. The number of piperazine rings is 1. The fourth-order valence-electron chi connectivity index (χ4n) is 3.72. The van der Waals surface area contributed by atoms with Gasteiger partial charge in [-0.1, -0.05) is 24.3 Å². The van der Waals surface area contributed by atoms with Crippen LogP contribution in [0, 0.1) is 5.82 Å². The first-order chi connectivity index (χ1) is 14.0. The van der Waals surface area contributed by atoms with Crippen LogP contribution in [0.5, 0.6) is 5.75 Å². The van der Waals surface area contributed by atoms with E-state index >= 15 is 0 Å². The van der Waals surface area contributed by atoms with E-state index in [1.165, 1.54) is 6.07 Å². The molecule has 3 rings (SSSR count). The van der Waals surface area contributed by atoms with Gasteiger partial charge >= 0.3 is 0 Å². The second-order valence-corrected chi connectivity index (χ2v) is 7.43. The number of benzene rings is 2. The molecule has 1 aliphatic heterocycles. The molecule has 6 nitrogen and oxygen atoms in total. The number of aromatic hydroxyl groups is 1. The molecule has 1 atom stereocenters. The SMILES string of the molecule is CN=C(NCC(c1cccc(F)c1)N(C)C)N1CCN(c2ccccc2O)CC1.I. The van der Waals surface area contributed by atoms with E-state index in [0.717, 1.165) is 43.4 Å². The summed E-state index contributed by atoms with van der Waals surface area (Å²) in [5.41, 5.74) is 1.80. The molecule has 2 aromatic carbocycles. The number of hydrogen-bond acceptors (Lipinski definition) is 4. The van der Waals surface area contributed by atoms with Crippen molar-refractivity contribution < 1.29 is 9.50 Å². The normalized spacial score (nSPS) is 15.7. The van der Waals surface area contributed by atoms with Crippen LogP contribution in [-0.4, -0.2) is 74.7 Å². The Kier molecular flexibility index (Phi) is 9.16. The number of phenolic OH excluding ortho intramolecular Hbond substituents is 1. The van der Waals surface area contributed by atoms with Gasteiger partial charge in [-0.15, -0.1) is 24.0 Å². The van der Waals surface area contributed by atoms with E-state index in [9.17, 15) is 9.50 Å². The fourth-order valence-corrected chi connectivity index (χ4v) is 3.72. The van der Waals surface area contributed by atoms with Crippen molar-refractivity contribution in [2.45, 2.75) is 6.04 Å². The average Bonchev–Trinajstić information content (AvgIpc) is 2.72. The molecule has 0 radical (unpaired) electrons. The highest BCUT2D eigenvalue weighted by Gasteiger charge is 2.22. The molecule has 1 unspecified atom stereocenters. The van der Waals surface area contributed by atoms with Gasteiger partial charge in [-0.25, -0.2) is 4.39 Å². The third kappa shape index (κ3) is 5.98. The summed E-state index contributed by atoms with van der Waals surface area (Å²) in [5, 5.41) is 13.5. The van der Waals surface area contributed by atoms with E-state index in [-0.39, 0.29) is 35.8 Å². The van der Waals surface area contributed by atoms with Crippen molar-refractivity contribution in [1.82, 2.24) is 15.1 Å². The summed E-state index contributed by atoms with van der Waals surface area (Å²) in [7, 11) is 5.76. The monoisotopic (exact) mass is 527 g/mol. The third-order valence-electron chi connectivity index (χ3n) is 5.32. The number of aliphatic imine (C=N–C) groups is 1. The molecule has 8 heteroatoms. The van der Waals surface area contributed by atoms with Crippen molar-refractivity contribution in [3.63, 3.8) is 0 Å². The summed E-state index contributed by atoms with van der Waals surface area (Å²) in [6.07, 6.45) is 0. The lowest BCUT2D eigenvalue weighted by molar-refractivity contribution is 0.291. The van der Waals surface area contributed by atoms with Crippen molar-refractivity contribution >= 4 is 35.6 Å². The van der Waals surface area contributed by atoms with Crippen LogP contribution < -0.4 is 10.2 Å². The number of halogens is 2. The number of hydrogen-bond donors (Lipinski definition) is 2. The molecule has 0 amide bonds. The molecule has 2 N–H and O–H groups in total. The summed E-state index contributed by atoms with van der Waals surface area (Å²) in [5.74, 6) is 0.927. The summed E-state index contributed by atoms with van der Waals surface area (Å²) in [6, 6.07) is 14.2. The Balaban J connectivity index is 0.00000320. The topological polar surface area (TPSA) is 54.3 Å². The minimum Gasteiger partial charge on any atom is -0.506 e. The highest BCUT2D eigenvalue weighted by molar-refractivity contribution is 14.0.